The van der Waals surface area contributed by atoms with Crippen molar-refractivity contribution in [1.29, 1.82) is 0 Å². The summed E-state index contributed by atoms with van der Waals surface area (Å²) >= 11 is 5.62. The predicted molar refractivity (Wildman–Crippen MR) is 67.1 cm³/mol. The van der Waals surface area contributed by atoms with Crippen LogP contribution in [0.5, 0.6) is 0 Å². The van der Waals surface area contributed by atoms with E-state index in [2.05, 4.69) is 5.32 Å². The first-order valence-corrected chi connectivity index (χ1v) is 6.39. The van der Waals surface area contributed by atoms with E-state index in [9.17, 15) is 14.3 Å². The Morgan fingerprint density at radius 1 is 1.39 bits per heavy atom. The molecule has 18 heavy (non-hydrogen) atoms. The molecule has 1 aromatic rings. The van der Waals surface area contributed by atoms with E-state index in [1.54, 1.807) is 0 Å². The lowest BCUT2D eigenvalue weighted by Gasteiger charge is -2.28. The number of hydrogen-bond donors (Lipinski definition) is 2. The number of benzene rings is 1. The number of nitrogens with one attached hydrogen (secondary N) is 1. The number of halogens is 2. The fraction of sp³-hybridized carbons (Fsp3) is 0.462. The van der Waals surface area contributed by atoms with Gasteiger partial charge in [0, 0.05) is 5.02 Å². The predicted octanol–water partition coefficient (Wildman–Crippen LogP) is 2.51. The number of rotatable bonds is 2. The number of aliphatic hydroxyl groups is 1. The van der Waals surface area contributed by atoms with E-state index in [0.717, 1.165) is 25.3 Å². The van der Waals surface area contributed by atoms with Gasteiger partial charge in [0.15, 0.2) is 0 Å². The smallest absolute Gasteiger partial charge is 0.254 e. The summed E-state index contributed by atoms with van der Waals surface area (Å²) in [5, 5.41) is 12.7. The van der Waals surface area contributed by atoms with Crippen LogP contribution in [-0.2, 0) is 0 Å². The molecule has 0 heterocycles. The van der Waals surface area contributed by atoms with Crippen molar-refractivity contribution in [2.45, 2.75) is 37.8 Å². The Bertz CT molecular complexity index is 453. The summed E-state index contributed by atoms with van der Waals surface area (Å²) in [6.07, 6.45) is 2.78. The third-order valence-corrected chi connectivity index (χ3v) is 3.46. The molecule has 1 aromatic carbocycles. The van der Waals surface area contributed by atoms with Gasteiger partial charge in [0.2, 0.25) is 0 Å². The van der Waals surface area contributed by atoms with Crippen molar-refractivity contribution >= 4 is 17.5 Å². The van der Waals surface area contributed by atoms with Crippen molar-refractivity contribution in [2.24, 2.45) is 0 Å². The highest BCUT2D eigenvalue weighted by Crippen LogP contribution is 2.20. The maximum Gasteiger partial charge on any atom is 0.254 e. The molecule has 2 N–H and O–H groups in total. The van der Waals surface area contributed by atoms with E-state index >= 15 is 0 Å². The van der Waals surface area contributed by atoms with Crippen LogP contribution in [0.1, 0.15) is 36.0 Å². The van der Waals surface area contributed by atoms with E-state index in [0.29, 0.717) is 6.42 Å². The summed E-state index contributed by atoms with van der Waals surface area (Å²) in [5.74, 6) is -1.15. The Hall–Kier alpha value is -1.13. The minimum atomic E-state index is -0.648. The van der Waals surface area contributed by atoms with Crippen molar-refractivity contribution in [2.75, 3.05) is 0 Å². The standard InChI is InChI=1S/C13H15ClFNO2/c14-8-5-6-9(10(15)7-8)13(18)16-11-3-1-2-4-12(11)17/h5-7,11-12,17H,1-4H2,(H,16,18)/t11-,12-/m0/s1. The second kappa shape index (κ2) is 5.67. The molecule has 5 heteroatoms. The minimum Gasteiger partial charge on any atom is -0.391 e. The van der Waals surface area contributed by atoms with E-state index < -0.39 is 17.8 Å². The number of aliphatic hydroxyl groups excluding tert-OH is 1. The lowest BCUT2D eigenvalue weighted by molar-refractivity contribution is 0.0714. The second-order valence-electron chi connectivity index (χ2n) is 4.56. The third kappa shape index (κ3) is 3.00. The molecule has 1 fully saturated rings. The van der Waals surface area contributed by atoms with Crippen LogP contribution in [0.25, 0.3) is 0 Å². The average molecular weight is 272 g/mol. The number of carbonyl (C=O) groups excluding carboxylic acids is 1. The topological polar surface area (TPSA) is 49.3 Å². The number of hydrogen-bond acceptors (Lipinski definition) is 2. The highest BCUT2D eigenvalue weighted by atomic mass is 35.5. The molecular formula is C13H15ClFNO2. The van der Waals surface area contributed by atoms with Crippen LogP contribution in [0.15, 0.2) is 18.2 Å². The Morgan fingerprint density at radius 3 is 2.78 bits per heavy atom. The lowest BCUT2D eigenvalue weighted by Crippen LogP contribution is -2.45. The summed E-state index contributed by atoms with van der Waals surface area (Å²) in [4.78, 5) is 11.9. The quantitative estimate of drug-likeness (QED) is 0.868. The van der Waals surface area contributed by atoms with Crippen LogP contribution >= 0.6 is 11.6 Å². The molecule has 0 aliphatic heterocycles. The van der Waals surface area contributed by atoms with Gasteiger partial charge in [0.25, 0.3) is 5.91 Å². The lowest BCUT2D eigenvalue weighted by atomic mass is 9.92. The molecule has 1 amide bonds. The Morgan fingerprint density at radius 2 is 2.11 bits per heavy atom. The summed E-state index contributed by atoms with van der Waals surface area (Å²) in [6, 6.07) is 3.63. The Kier molecular flexibility index (Phi) is 4.19. The maximum absolute atomic E-state index is 13.5. The average Bonchev–Trinajstić information content (AvgIpc) is 2.32. The highest BCUT2D eigenvalue weighted by molar-refractivity contribution is 6.30. The van der Waals surface area contributed by atoms with E-state index in [-0.39, 0.29) is 16.6 Å². The van der Waals surface area contributed by atoms with Crippen molar-refractivity contribution < 1.29 is 14.3 Å². The van der Waals surface area contributed by atoms with Gasteiger partial charge in [-0.25, -0.2) is 4.39 Å². The molecule has 0 aromatic heterocycles. The molecule has 1 saturated carbocycles. The molecular weight excluding hydrogens is 257 g/mol. The van der Waals surface area contributed by atoms with Crippen LogP contribution in [0.4, 0.5) is 4.39 Å². The van der Waals surface area contributed by atoms with Crippen LogP contribution in [0.2, 0.25) is 5.02 Å². The van der Waals surface area contributed by atoms with Crippen molar-refractivity contribution in [3.05, 3.63) is 34.6 Å². The van der Waals surface area contributed by atoms with E-state index in [1.807, 2.05) is 0 Å². The summed E-state index contributed by atoms with van der Waals surface area (Å²) in [5.41, 5.74) is -0.0443. The van der Waals surface area contributed by atoms with Gasteiger partial charge in [-0.2, -0.15) is 0 Å². The zero-order valence-electron chi connectivity index (χ0n) is 9.83. The minimum absolute atomic E-state index is 0.0443. The normalized spacial score (nSPS) is 23.7. The van der Waals surface area contributed by atoms with Gasteiger partial charge in [-0.05, 0) is 31.0 Å². The van der Waals surface area contributed by atoms with Crippen molar-refractivity contribution in [3.8, 4) is 0 Å². The molecule has 2 atom stereocenters. The fourth-order valence-electron chi connectivity index (χ4n) is 2.20. The van der Waals surface area contributed by atoms with Gasteiger partial charge in [-0.15, -0.1) is 0 Å². The van der Waals surface area contributed by atoms with E-state index in [1.165, 1.54) is 12.1 Å². The van der Waals surface area contributed by atoms with Gasteiger partial charge in [0.1, 0.15) is 5.82 Å². The fourth-order valence-corrected chi connectivity index (χ4v) is 2.36. The monoisotopic (exact) mass is 271 g/mol. The van der Waals surface area contributed by atoms with Crippen LogP contribution in [0.3, 0.4) is 0 Å². The zero-order chi connectivity index (χ0) is 13.1. The third-order valence-electron chi connectivity index (χ3n) is 3.22. The van der Waals surface area contributed by atoms with Gasteiger partial charge in [-0.3, -0.25) is 4.79 Å². The van der Waals surface area contributed by atoms with Crippen LogP contribution in [0, 0.1) is 5.82 Å². The molecule has 1 aliphatic carbocycles. The first-order valence-electron chi connectivity index (χ1n) is 6.02. The molecule has 0 spiro atoms. The van der Waals surface area contributed by atoms with Gasteiger partial charge in [0.05, 0.1) is 17.7 Å². The SMILES string of the molecule is O=C(N[C@H]1CCCC[C@@H]1O)c1ccc(Cl)cc1F. The molecule has 0 radical (unpaired) electrons. The summed E-state index contributed by atoms with van der Waals surface area (Å²) in [7, 11) is 0. The maximum atomic E-state index is 13.5. The summed E-state index contributed by atoms with van der Waals surface area (Å²) < 4.78 is 13.5. The molecule has 0 bridgehead atoms. The van der Waals surface area contributed by atoms with Gasteiger partial charge in [-0.1, -0.05) is 24.4 Å². The molecule has 98 valence electrons. The number of amides is 1. The van der Waals surface area contributed by atoms with E-state index in [4.69, 9.17) is 11.6 Å². The van der Waals surface area contributed by atoms with Crippen molar-refractivity contribution in [3.63, 3.8) is 0 Å². The Labute approximate surface area is 110 Å². The molecule has 2 rings (SSSR count). The zero-order valence-corrected chi connectivity index (χ0v) is 10.6. The molecule has 3 nitrogen and oxygen atoms in total. The van der Waals surface area contributed by atoms with Gasteiger partial charge < -0.3 is 10.4 Å². The highest BCUT2D eigenvalue weighted by Gasteiger charge is 2.25. The van der Waals surface area contributed by atoms with Crippen LogP contribution < -0.4 is 5.32 Å². The number of carbonyl (C=O) groups is 1. The Balaban J connectivity index is 2.07. The summed E-state index contributed by atoms with van der Waals surface area (Å²) in [6.45, 7) is 0. The first kappa shape index (κ1) is 13.3. The van der Waals surface area contributed by atoms with Crippen LogP contribution in [-0.4, -0.2) is 23.2 Å². The molecule has 1 aliphatic rings. The first-order chi connectivity index (χ1) is 8.58. The molecule has 0 unspecified atom stereocenters. The van der Waals surface area contributed by atoms with Crippen molar-refractivity contribution in [1.82, 2.24) is 5.32 Å². The second-order valence-corrected chi connectivity index (χ2v) is 4.99. The largest absolute Gasteiger partial charge is 0.391 e. The van der Waals surface area contributed by atoms with Gasteiger partial charge >= 0.3 is 0 Å². The molecule has 0 saturated heterocycles.